The molecule has 12 heteroatoms. The van der Waals surface area contributed by atoms with Gasteiger partial charge >= 0.3 is 5.00 Å². The van der Waals surface area contributed by atoms with Gasteiger partial charge in [-0.25, -0.2) is 9.97 Å². The van der Waals surface area contributed by atoms with Gasteiger partial charge in [-0.2, -0.15) is 0 Å². The third-order valence-electron chi connectivity index (χ3n) is 4.20. The summed E-state index contributed by atoms with van der Waals surface area (Å²) in [6.45, 7) is 0. The summed E-state index contributed by atoms with van der Waals surface area (Å²) in [5.41, 5.74) is 8.41. The van der Waals surface area contributed by atoms with Gasteiger partial charge in [0, 0.05) is 18.5 Å². The quantitative estimate of drug-likeness (QED) is 0.269. The molecule has 2 N–H and O–H groups in total. The van der Waals surface area contributed by atoms with E-state index in [0.29, 0.717) is 33.3 Å². The molecule has 6 heterocycles. The lowest BCUT2D eigenvalue weighted by atomic mass is 10.4. The second kappa shape index (κ2) is 8.17. The number of nitrogen functional groups attached to an aromatic ring is 1. The molecular weight excluding hydrogens is 452 g/mol. The van der Waals surface area contributed by atoms with Gasteiger partial charge in [-0.15, -0.1) is 11.3 Å². The molecule has 32 heavy (non-hydrogen) atoms. The first-order valence-corrected chi connectivity index (χ1v) is 10.7. The number of thiophene rings is 2. The summed E-state index contributed by atoms with van der Waals surface area (Å²) in [5.74, 6) is 0.978. The lowest BCUT2D eigenvalue weighted by Gasteiger charge is -1.84. The molecule has 0 bridgehead atoms. The topological polar surface area (TPSA) is 147 Å². The Morgan fingerprint density at radius 2 is 1.38 bits per heavy atom. The predicted molar refractivity (Wildman–Crippen MR) is 121 cm³/mol. The molecule has 0 spiro atoms. The highest BCUT2D eigenvalue weighted by molar-refractivity contribution is 7.19. The number of nitrogens with two attached hydrogens (primary N) is 1. The first kappa shape index (κ1) is 19.8. The highest BCUT2D eigenvalue weighted by Crippen LogP contribution is 2.33. The number of aromatic nitrogens is 4. The normalized spacial score (nSPS) is 10.9. The molecule has 0 amide bonds. The number of nitrogens with zero attached hydrogens (tertiary/aromatic N) is 5. The van der Waals surface area contributed by atoms with Crippen LogP contribution in [0.25, 0.3) is 43.7 Å². The zero-order chi connectivity index (χ0) is 22.1. The Kier molecular flexibility index (Phi) is 5.05. The van der Waals surface area contributed by atoms with Gasteiger partial charge in [0.05, 0.1) is 32.1 Å². The van der Waals surface area contributed by atoms with Crippen molar-refractivity contribution >= 4 is 54.9 Å². The van der Waals surface area contributed by atoms with E-state index in [9.17, 15) is 10.1 Å². The summed E-state index contributed by atoms with van der Waals surface area (Å²) in [6.07, 6.45) is 6.53. The average molecular weight is 464 g/mol. The van der Waals surface area contributed by atoms with E-state index in [2.05, 4.69) is 19.9 Å². The molecule has 0 radical (unpaired) electrons. The fourth-order valence-corrected chi connectivity index (χ4v) is 4.23. The molecule has 0 atom stereocenters. The molecule has 6 aromatic rings. The maximum absolute atomic E-state index is 10.6. The number of pyridine rings is 2. The Bertz CT molecular complexity index is 1480. The standard InChI is InChI=1S/C10H5N3O3S.C10H7N3OS/c14-13(15)9-2-1-8(17-9)10-12-6-3-4-11-5-7(6)16-10;11-9-2-1-8(15-9)10-13-6-3-4-12-5-7(6)14-10/h1-5H;1-5H,11H2. The molecule has 6 rings (SSSR count). The largest absolute Gasteiger partial charge is 0.434 e. The van der Waals surface area contributed by atoms with Crippen molar-refractivity contribution < 1.29 is 13.8 Å². The van der Waals surface area contributed by atoms with Crippen LogP contribution in [0.4, 0.5) is 10.0 Å². The molecule has 0 saturated carbocycles. The second-order valence-corrected chi connectivity index (χ2v) is 8.50. The third-order valence-corrected chi connectivity index (χ3v) is 6.13. The van der Waals surface area contributed by atoms with E-state index >= 15 is 0 Å². The number of fused-ring (bicyclic) bond motifs is 2. The van der Waals surface area contributed by atoms with Crippen molar-refractivity contribution in [3.63, 3.8) is 0 Å². The van der Waals surface area contributed by atoms with Crippen LogP contribution in [-0.2, 0) is 0 Å². The van der Waals surface area contributed by atoms with Crippen LogP contribution in [0.5, 0.6) is 0 Å². The number of rotatable bonds is 3. The zero-order valence-corrected chi connectivity index (χ0v) is 17.7. The van der Waals surface area contributed by atoms with Gasteiger partial charge in [0.2, 0.25) is 11.8 Å². The van der Waals surface area contributed by atoms with E-state index in [1.165, 1.54) is 17.4 Å². The molecule has 0 fully saturated rings. The van der Waals surface area contributed by atoms with Crippen LogP contribution in [0.1, 0.15) is 0 Å². The fourth-order valence-electron chi connectivity index (χ4n) is 2.78. The van der Waals surface area contributed by atoms with E-state index in [-0.39, 0.29) is 5.00 Å². The molecule has 0 unspecified atom stereocenters. The van der Waals surface area contributed by atoms with Crippen LogP contribution in [0.3, 0.4) is 0 Å². The van der Waals surface area contributed by atoms with Crippen LogP contribution in [-0.4, -0.2) is 24.9 Å². The molecule has 158 valence electrons. The average Bonchev–Trinajstić information content (AvgIpc) is 3.58. The summed E-state index contributed by atoms with van der Waals surface area (Å²) in [5, 5.41) is 11.4. The second-order valence-electron chi connectivity index (χ2n) is 6.32. The highest BCUT2D eigenvalue weighted by atomic mass is 32.1. The minimum absolute atomic E-state index is 0.0698. The van der Waals surface area contributed by atoms with Crippen molar-refractivity contribution in [2.45, 2.75) is 0 Å². The maximum atomic E-state index is 10.6. The van der Waals surface area contributed by atoms with Gasteiger partial charge in [-0.3, -0.25) is 20.1 Å². The summed E-state index contributed by atoms with van der Waals surface area (Å²) in [6, 6.07) is 10.4. The van der Waals surface area contributed by atoms with Crippen molar-refractivity contribution in [3.8, 4) is 21.5 Å². The number of hydrogen-bond donors (Lipinski definition) is 1. The number of nitro groups is 1. The molecule has 0 aliphatic heterocycles. The smallest absolute Gasteiger partial charge is 0.324 e. The van der Waals surface area contributed by atoms with Crippen LogP contribution in [0.15, 0.2) is 70.0 Å². The number of oxazole rings is 2. The number of hydrogen-bond acceptors (Lipinski definition) is 11. The molecule has 0 aliphatic rings. The Morgan fingerprint density at radius 1 is 0.812 bits per heavy atom. The minimum atomic E-state index is -0.432. The highest BCUT2D eigenvalue weighted by Gasteiger charge is 2.15. The third kappa shape index (κ3) is 3.91. The molecule has 0 saturated heterocycles. The lowest BCUT2D eigenvalue weighted by molar-refractivity contribution is -0.380. The Labute approximate surface area is 187 Å². The van der Waals surface area contributed by atoms with Crippen LogP contribution < -0.4 is 5.73 Å². The Balaban J connectivity index is 0.000000136. The van der Waals surface area contributed by atoms with Crippen molar-refractivity contribution in [1.29, 1.82) is 0 Å². The van der Waals surface area contributed by atoms with Gasteiger partial charge in [0.15, 0.2) is 11.2 Å². The molecule has 0 aliphatic carbocycles. The van der Waals surface area contributed by atoms with Gasteiger partial charge in [-0.1, -0.05) is 11.3 Å². The summed E-state index contributed by atoms with van der Waals surface area (Å²) in [7, 11) is 0. The Hall–Kier alpha value is -4.16. The van der Waals surface area contributed by atoms with E-state index in [1.54, 1.807) is 36.9 Å². The maximum Gasteiger partial charge on any atom is 0.324 e. The Morgan fingerprint density at radius 3 is 1.84 bits per heavy atom. The lowest BCUT2D eigenvalue weighted by Crippen LogP contribution is -1.80. The molecule has 0 aromatic carbocycles. The van der Waals surface area contributed by atoms with Gasteiger partial charge < -0.3 is 14.6 Å². The predicted octanol–water partition coefficient (Wildman–Crippen LogP) is 5.39. The van der Waals surface area contributed by atoms with Crippen molar-refractivity contribution in [1.82, 2.24) is 19.9 Å². The summed E-state index contributed by atoms with van der Waals surface area (Å²) >= 11 is 2.49. The molecular formula is C20H12N6O4S2. The molecule has 6 aromatic heterocycles. The van der Waals surface area contributed by atoms with E-state index in [0.717, 1.165) is 26.7 Å². The number of anilines is 1. The van der Waals surface area contributed by atoms with Crippen LogP contribution >= 0.6 is 22.7 Å². The SMILES string of the molecule is Nc1ccc(-c2nc3ccncc3o2)s1.O=[N+]([O-])c1ccc(-c2nc3ccncc3o2)s1. The van der Waals surface area contributed by atoms with Gasteiger partial charge in [-0.05, 0) is 30.3 Å². The van der Waals surface area contributed by atoms with E-state index in [1.807, 2.05) is 18.2 Å². The van der Waals surface area contributed by atoms with E-state index in [4.69, 9.17) is 14.6 Å². The van der Waals surface area contributed by atoms with Gasteiger partial charge in [0.25, 0.3) is 0 Å². The molecule has 10 nitrogen and oxygen atoms in total. The monoisotopic (exact) mass is 464 g/mol. The summed E-state index contributed by atoms with van der Waals surface area (Å²) < 4.78 is 11.0. The zero-order valence-electron chi connectivity index (χ0n) is 16.0. The van der Waals surface area contributed by atoms with Crippen molar-refractivity contribution in [2.75, 3.05) is 5.73 Å². The van der Waals surface area contributed by atoms with Crippen molar-refractivity contribution in [2.24, 2.45) is 0 Å². The van der Waals surface area contributed by atoms with Crippen LogP contribution in [0, 0.1) is 10.1 Å². The summed E-state index contributed by atoms with van der Waals surface area (Å²) in [4.78, 5) is 28.2. The first-order valence-electron chi connectivity index (χ1n) is 9.08. The minimum Gasteiger partial charge on any atom is -0.434 e. The fraction of sp³-hybridized carbons (Fsp3) is 0. The van der Waals surface area contributed by atoms with Crippen molar-refractivity contribution in [3.05, 3.63) is 71.3 Å². The van der Waals surface area contributed by atoms with Crippen LogP contribution in [0.2, 0.25) is 0 Å². The van der Waals surface area contributed by atoms with E-state index < -0.39 is 4.92 Å². The first-order chi connectivity index (χ1) is 15.6. The van der Waals surface area contributed by atoms with Gasteiger partial charge in [0.1, 0.15) is 11.0 Å².